The minimum absolute atomic E-state index is 0.0806. The third kappa shape index (κ3) is 4.44. The van der Waals surface area contributed by atoms with E-state index in [1.54, 1.807) is 6.07 Å². The standard InChI is InChI=1S/C20H14ClIN4O2S/c21-13-9-11-14(12-10-13)29(27,28)26-20-19(23-16-6-2-1-5-15(16)22)24-17-7-3-4-8-18(17)25-20/h1-12H,(H,23,24)(H,25,26). The second-order valence-electron chi connectivity index (χ2n) is 6.07. The number of nitrogens with one attached hydrogen (secondary N) is 2. The lowest BCUT2D eigenvalue weighted by atomic mass is 10.3. The number of para-hydroxylation sites is 3. The van der Waals surface area contributed by atoms with E-state index in [-0.39, 0.29) is 10.7 Å². The predicted molar refractivity (Wildman–Crippen MR) is 124 cm³/mol. The molecule has 2 N–H and O–H groups in total. The van der Waals surface area contributed by atoms with Crippen LogP contribution >= 0.6 is 34.2 Å². The maximum Gasteiger partial charge on any atom is 0.263 e. The van der Waals surface area contributed by atoms with Gasteiger partial charge in [0.15, 0.2) is 11.6 Å². The number of rotatable bonds is 5. The van der Waals surface area contributed by atoms with Gasteiger partial charge in [0, 0.05) is 8.59 Å². The van der Waals surface area contributed by atoms with Crippen molar-refractivity contribution in [3.05, 3.63) is 81.4 Å². The first-order valence-electron chi connectivity index (χ1n) is 8.49. The lowest BCUT2D eigenvalue weighted by Crippen LogP contribution is -2.16. The van der Waals surface area contributed by atoms with Crippen molar-refractivity contribution in [1.82, 2.24) is 9.97 Å². The van der Waals surface area contributed by atoms with Crippen LogP contribution in [0.15, 0.2) is 77.7 Å². The van der Waals surface area contributed by atoms with Crippen LogP contribution in [-0.4, -0.2) is 18.4 Å². The van der Waals surface area contributed by atoms with Crippen LogP contribution in [0.3, 0.4) is 0 Å². The zero-order chi connectivity index (χ0) is 20.4. The molecule has 0 aliphatic rings. The molecule has 6 nitrogen and oxygen atoms in total. The molecule has 146 valence electrons. The highest BCUT2D eigenvalue weighted by atomic mass is 127. The van der Waals surface area contributed by atoms with Crippen LogP contribution in [0.1, 0.15) is 0 Å². The summed E-state index contributed by atoms with van der Waals surface area (Å²) in [5.41, 5.74) is 2.02. The summed E-state index contributed by atoms with van der Waals surface area (Å²) in [5.74, 6) is 0.420. The normalized spacial score (nSPS) is 11.4. The molecule has 0 amide bonds. The van der Waals surface area contributed by atoms with Gasteiger partial charge in [0.25, 0.3) is 10.0 Å². The molecule has 4 rings (SSSR count). The Kier molecular flexibility index (Phi) is 5.57. The molecule has 4 aromatic rings. The molecular formula is C20H14ClIN4O2S. The second-order valence-corrected chi connectivity index (χ2v) is 9.35. The van der Waals surface area contributed by atoms with E-state index in [1.807, 2.05) is 42.5 Å². The SMILES string of the molecule is O=S(=O)(Nc1nc2ccccc2nc1Nc1ccccc1I)c1ccc(Cl)cc1. The lowest BCUT2D eigenvalue weighted by molar-refractivity contribution is 0.601. The fraction of sp³-hybridized carbons (Fsp3) is 0. The van der Waals surface area contributed by atoms with Gasteiger partial charge < -0.3 is 5.32 Å². The lowest BCUT2D eigenvalue weighted by Gasteiger charge is -2.14. The number of fused-ring (bicyclic) bond motifs is 1. The second kappa shape index (κ2) is 8.13. The molecule has 0 atom stereocenters. The van der Waals surface area contributed by atoms with E-state index in [1.165, 1.54) is 24.3 Å². The van der Waals surface area contributed by atoms with Gasteiger partial charge in [0.05, 0.1) is 21.6 Å². The highest BCUT2D eigenvalue weighted by molar-refractivity contribution is 14.1. The van der Waals surface area contributed by atoms with Gasteiger partial charge in [0.2, 0.25) is 0 Å². The van der Waals surface area contributed by atoms with Gasteiger partial charge in [-0.25, -0.2) is 18.4 Å². The Hall–Kier alpha value is -2.43. The summed E-state index contributed by atoms with van der Waals surface area (Å²) in [6.45, 7) is 0. The van der Waals surface area contributed by atoms with Crippen molar-refractivity contribution < 1.29 is 8.42 Å². The molecule has 1 heterocycles. The number of nitrogens with zero attached hydrogens (tertiary/aromatic N) is 2. The average molecular weight is 537 g/mol. The quantitative estimate of drug-likeness (QED) is 0.332. The average Bonchev–Trinajstić information content (AvgIpc) is 2.70. The fourth-order valence-electron chi connectivity index (χ4n) is 2.65. The van der Waals surface area contributed by atoms with Crippen LogP contribution in [-0.2, 0) is 10.0 Å². The van der Waals surface area contributed by atoms with Gasteiger partial charge in [-0.3, -0.25) is 4.72 Å². The molecule has 1 aromatic heterocycles. The monoisotopic (exact) mass is 536 g/mol. The van der Waals surface area contributed by atoms with Crippen molar-refractivity contribution in [2.45, 2.75) is 4.90 Å². The largest absolute Gasteiger partial charge is 0.336 e. The molecule has 0 fully saturated rings. The minimum Gasteiger partial charge on any atom is -0.336 e. The van der Waals surface area contributed by atoms with Crippen LogP contribution in [0.4, 0.5) is 17.3 Å². The zero-order valence-corrected chi connectivity index (χ0v) is 18.5. The molecule has 0 radical (unpaired) electrons. The van der Waals surface area contributed by atoms with Crippen LogP contribution in [0, 0.1) is 3.57 Å². The zero-order valence-electron chi connectivity index (χ0n) is 14.8. The fourth-order valence-corrected chi connectivity index (χ4v) is 4.31. The Balaban J connectivity index is 1.79. The van der Waals surface area contributed by atoms with Gasteiger partial charge in [-0.05, 0) is 71.1 Å². The van der Waals surface area contributed by atoms with E-state index < -0.39 is 10.0 Å². The first-order valence-corrected chi connectivity index (χ1v) is 11.4. The van der Waals surface area contributed by atoms with Gasteiger partial charge in [0.1, 0.15) is 0 Å². The number of hydrogen-bond donors (Lipinski definition) is 2. The summed E-state index contributed by atoms with van der Waals surface area (Å²) in [5, 5.41) is 3.64. The first-order chi connectivity index (χ1) is 13.9. The molecule has 0 aliphatic heterocycles. The van der Waals surface area contributed by atoms with E-state index in [4.69, 9.17) is 11.6 Å². The Morgan fingerprint density at radius 3 is 2.03 bits per heavy atom. The Morgan fingerprint density at radius 2 is 1.38 bits per heavy atom. The molecule has 9 heteroatoms. The molecule has 0 saturated carbocycles. The Bertz CT molecular complexity index is 1300. The summed E-state index contributed by atoms with van der Waals surface area (Å²) in [7, 11) is -3.88. The summed E-state index contributed by atoms with van der Waals surface area (Å²) in [4.78, 5) is 9.14. The Labute approximate surface area is 186 Å². The van der Waals surface area contributed by atoms with E-state index >= 15 is 0 Å². The van der Waals surface area contributed by atoms with Crippen LogP contribution in [0.25, 0.3) is 11.0 Å². The first kappa shape index (κ1) is 19.9. The summed E-state index contributed by atoms with van der Waals surface area (Å²) in [6.07, 6.45) is 0. The third-order valence-electron chi connectivity index (χ3n) is 4.05. The van der Waals surface area contributed by atoms with Crippen molar-refractivity contribution in [3.63, 3.8) is 0 Å². The maximum absolute atomic E-state index is 12.9. The maximum atomic E-state index is 12.9. The van der Waals surface area contributed by atoms with Crippen molar-refractivity contribution in [1.29, 1.82) is 0 Å². The van der Waals surface area contributed by atoms with Crippen molar-refractivity contribution in [3.8, 4) is 0 Å². The van der Waals surface area contributed by atoms with Crippen LogP contribution < -0.4 is 10.0 Å². The highest BCUT2D eigenvalue weighted by Gasteiger charge is 2.19. The molecule has 0 bridgehead atoms. The third-order valence-corrected chi connectivity index (χ3v) is 6.60. The summed E-state index contributed by atoms with van der Waals surface area (Å²) in [6, 6.07) is 20.8. The van der Waals surface area contributed by atoms with Crippen molar-refractivity contribution in [2.24, 2.45) is 0 Å². The Morgan fingerprint density at radius 1 is 0.793 bits per heavy atom. The summed E-state index contributed by atoms with van der Waals surface area (Å²) < 4.78 is 29.2. The number of anilines is 3. The molecule has 3 aromatic carbocycles. The van der Waals surface area contributed by atoms with E-state index in [0.717, 1.165) is 9.26 Å². The van der Waals surface area contributed by atoms with Gasteiger partial charge in [-0.2, -0.15) is 0 Å². The molecule has 0 unspecified atom stereocenters. The van der Waals surface area contributed by atoms with Crippen molar-refractivity contribution in [2.75, 3.05) is 10.0 Å². The molecule has 29 heavy (non-hydrogen) atoms. The number of sulfonamides is 1. The molecule has 0 aliphatic carbocycles. The topological polar surface area (TPSA) is 84.0 Å². The van der Waals surface area contributed by atoms with Crippen LogP contribution in [0.2, 0.25) is 5.02 Å². The molecule has 0 spiro atoms. The molecular weight excluding hydrogens is 523 g/mol. The highest BCUT2D eigenvalue weighted by Crippen LogP contribution is 2.29. The number of aromatic nitrogens is 2. The van der Waals surface area contributed by atoms with Gasteiger partial charge in [-0.15, -0.1) is 0 Å². The van der Waals surface area contributed by atoms with E-state index in [2.05, 4.69) is 42.6 Å². The van der Waals surface area contributed by atoms with E-state index in [0.29, 0.717) is 21.9 Å². The molecule has 0 saturated heterocycles. The predicted octanol–water partition coefficient (Wildman–Crippen LogP) is 5.43. The minimum atomic E-state index is -3.88. The van der Waals surface area contributed by atoms with Crippen molar-refractivity contribution >= 4 is 72.6 Å². The number of benzene rings is 3. The van der Waals surface area contributed by atoms with Gasteiger partial charge >= 0.3 is 0 Å². The number of halogens is 2. The summed E-state index contributed by atoms with van der Waals surface area (Å²) >= 11 is 8.07. The van der Waals surface area contributed by atoms with Crippen LogP contribution in [0.5, 0.6) is 0 Å². The van der Waals surface area contributed by atoms with E-state index in [9.17, 15) is 8.42 Å². The smallest absolute Gasteiger partial charge is 0.263 e. The van der Waals surface area contributed by atoms with Gasteiger partial charge in [-0.1, -0.05) is 35.9 Å². The number of hydrogen-bond acceptors (Lipinski definition) is 5.